The Hall–Kier alpha value is -2.16. The highest BCUT2D eigenvalue weighted by atomic mass is 16.3. The first-order valence-electron chi connectivity index (χ1n) is 4.58. The number of nitrogens with zero attached hydrogens (tertiary/aromatic N) is 2. The summed E-state index contributed by atoms with van der Waals surface area (Å²) in [6.45, 7) is 0. The van der Waals surface area contributed by atoms with Crippen molar-refractivity contribution >= 4 is 11.4 Å². The molecule has 2 aromatic rings. The number of rotatable bonds is 2. The lowest BCUT2D eigenvalue weighted by Gasteiger charge is -1.92. The Morgan fingerprint density at radius 1 is 0.667 bits per heavy atom. The van der Waals surface area contributed by atoms with Gasteiger partial charge >= 0.3 is 0 Å². The fourth-order valence-corrected chi connectivity index (χ4v) is 1.12. The van der Waals surface area contributed by atoms with E-state index in [-0.39, 0.29) is 5.75 Å². The summed E-state index contributed by atoms with van der Waals surface area (Å²) < 4.78 is 0. The molecule has 0 aliphatic rings. The standard InChI is InChI=1S/C12H9N2O/c15-12-8-6-11(7-9-12)14-13-10-4-2-1-3-5-10/h1-9H/b14-13+. The molecule has 3 heteroatoms. The molecule has 0 aliphatic heterocycles. The average molecular weight is 197 g/mol. The van der Waals surface area contributed by atoms with Crippen LogP contribution in [0.25, 0.3) is 0 Å². The van der Waals surface area contributed by atoms with Gasteiger partial charge in [-0.05, 0) is 36.4 Å². The van der Waals surface area contributed by atoms with Gasteiger partial charge in [0.05, 0.1) is 11.4 Å². The normalized spacial score (nSPS) is 10.7. The van der Waals surface area contributed by atoms with Gasteiger partial charge in [-0.25, -0.2) is 0 Å². The maximum atomic E-state index is 10.8. The molecular weight excluding hydrogens is 188 g/mol. The van der Waals surface area contributed by atoms with Gasteiger partial charge in [0.15, 0.2) is 5.75 Å². The smallest absolute Gasteiger partial charge is 0.178 e. The molecule has 0 heterocycles. The lowest BCUT2D eigenvalue weighted by atomic mass is 10.3. The Balaban J connectivity index is 2.15. The van der Waals surface area contributed by atoms with E-state index in [4.69, 9.17) is 0 Å². The third-order valence-corrected chi connectivity index (χ3v) is 1.87. The van der Waals surface area contributed by atoms with Gasteiger partial charge in [0.25, 0.3) is 0 Å². The fourth-order valence-electron chi connectivity index (χ4n) is 1.12. The van der Waals surface area contributed by atoms with E-state index in [1.54, 1.807) is 12.1 Å². The van der Waals surface area contributed by atoms with Crippen molar-refractivity contribution in [1.82, 2.24) is 0 Å². The van der Waals surface area contributed by atoms with Crippen LogP contribution in [0.15, 0.2) is 64.8 Å². The zero-order chi connectivity index (χ0) is 10.5. The molecule has 0 bridgehead atoms. The topological polar surface area (TPSA) is 44.6 Å². The summed E-state index contributed by atoms with van der Waals surface area (Å²) in [6, 6.07) is 15.7. The van der Waals surface area contributed by atoms with Crippen LogP contribution in [0.5, 0.6) is 5.75 Å². The fraction of sp³-hybridized carbons (Fsp3) is 0. The Morgan fingerprint density at radius 3 is 1.80 bits per heavy atom. The molecular formula is C12H9N2O. The molecule has 0 amide bonds. The molecule has 0 aliphatic carbocycles. The van der Waals surface area contributed by atoms with Gasteiger partial charge in [-0.2, -0.15) is 10.2 Å². The lowest BCUT2D eigenvalue weighted by Crippen LogP contribution is -1.64. The van der Waals surface area contributed by atoms with Crippen molar-refractivity contribution < 1.29 is 5.11 Å². The van der Waals surface area contributed by atoms with E-state index in [1.807, 2.05) is 30.3 Å². The first kappa shape index (κ1) is 9.40. The van der Waals surface area contributed by atoms with Gasteiger partial charge in [-0.15, -0.1) is 0 Å². The number of hydrogen-bond acceptors (Lipinski definition) is 2. The van der Waals surface area contributed by atoms with Crippen LogP contribution in [-0.2, 0) is 5.11 Å². The van der Waals surface area contributed by atoms with Crippen LogP contribution in [0.1, 0.15) is 0 Å². The largest absolute Gasteiger partial charge is 0.290 e. The summed E-state index contributed by atoms with van der Waals surface area (Å²) in [4.78, 5) is 0. The number of hydrogen-bond donors (Lipinski definition) is 0. The van der Waals surface area contributed by atoms with Crippen LogP contribution in [0.3, 0.4) is 0 Å². The molecule has 2 rings (SSSR count). The van der Waals surface area contributed by atoms with Crippen molar-refractivity contribution in [3.8, 4) is 5.75 Å². The predicted octanol–water partition coefficient (Wildman–Crippen LogP) is 4.25. The number of benzene rings is 2. The molecule has 0 aromatic heterocycles. The van der Waals surface area contributed by atoms with Crippen molar-refractivity contribution in [2.24, 2.45) is 10.2 Å². The minimum Gasteiger partial charge on any atom is -0.290 e. The van der Waals surface area contributed by atoms with E-state index in [2.05, 4.69) is 10.2 Å². The summed E-state index contributed by atoms with van der Waals surface area (Å²) in [6.07, 6.45) is 0. The first-order chi connectivity index (χ1) is 7.34. The molecule has 0 saturated heterocycles. The van der Waals surface area contributed by atoms with Crippen LogP contribution in [0.4, 0.5) is 11.4 Å². The lowest BCUT2D eigenvalue weighted by molar-refractivity contribution is 0.355. The van der Waals surface area contributed by atoms with Gasteiger partial charge in [-0.1, -0.05) is 18.2 Å². The van der Waals surface area contributed by atoms with Crippen LogP contribution in [-0.4, -0.2) is 0 Å². The minimum atomic E-state index is -0.0198. The zero-order valence-electron chi connectivity index (χ0n) is 8.00. The van der Waals surface area contributed by atoms with E-state index in [1.165, 1.54) is 12.1 Å². The van der Waals surface area contributed by atoms with E-state index in [0.29, 0.717) is 5.69 Å². The maximum absolute atomic E-state index is 10.8. The second-order valence-corrected chi connectivity index (χ2v) is 3.03. The molecule has 0 N–H and O–H groups in total. The molecule has 3 nitrogen and oxygen atoms in total. The molecule has 0 fully saturated rings. The van der Waals surface area contributed by atoms with Crippen LogP contribution in [0, 0.1) is 0 Å². The maximum Gasteiger partial charge on any atom is 0.178 e. The highest BCUT2D eigenvalue weighted by Gasteiger charge is 1.91. The molecule has 73 valence electrons. The van der Waals surface area contributed by atoms with Crippen molar-refractivity contribution in [2.75, 3.05) is 0 Å². The van der Waals surface area contributed by atoms with E-state index < -0.39 is 0 Å². The summed E-state index contributed by atoms with van der Waals surface area (Å²) in [5, 5.41) is 18.9. The predicted molar refractivity (Wildman–Crippen MR) is 57.2 cm³/mol. The number of azo groups is 1. The molecule has 15 heavy (non-hydrogen) atoms. The van der Waals surface area contributed by atoms with Crippen LogP contribution < -0.4 is 0 Å². The Labute approximate surface area is 87.7 Å². The van der Waals surface area contributed by atoms with E-state index in [9.17, 15) is 5.11 Å². The van der Waals surface area contributed by atoms with Gasteiger partial charge in [0.2, 0.25) is 0 Å². The summed E-state index contributed by atoms with van der Waals surface area (Å²) in [5.74, 6) is -0.0198. The third kappa shape index (κ3) is 2.64. The average Bonchev–Trinajstić information content (AvgIpc) is 2.30. The first-order valence-corrected chi connectivity index (χ1v) is 4.58. The highest BCUT2D eigenvalue weighted by molar-refractivity contribution is 5.41. The SMILES string of the molecule is [O]c1ccc(/N=N/c2ccccc2)cc1. The van der Waals surface area contributed by atoms with Crippen molar-refractivity contribution in [3.05, 3.63) is 54.6 Å². The van der Waals surface area contributed by atoms with Crippen molar-refractivity contribution in [3.63, 3.8) is 0 Å². The molecule has 2 aromatic carbocycles. The molecule has 0 spiro atoms. The Morgan fingerprint density at radius 2 is 1.20 bits per heavy atom. The van der Waals surface area contributed by atoms with E-state index >= 15 is 0 Å². The highest BCUT2D eigenvalue weighted by Crippen LogP contribution is 2.20. The molecule has 0 atom stereocenters. The van der Waals surface area contributed by atoms with E-state index in [0.717, 1.165) is 5.69 Å². The summed E-state index contributed by atoms with van der Waals surface area (Å²) >= 11 is 0. The van der Waals surface area contributed by atoms with Gasteiger partial charge in [0.1, 0.15) is 0 Å². The zero-order valence-corrected chi connectivity index (χ0v) is 8.00. The third-order valence-electron chi connectivity index (χ3n) is 1.87. The monoisotopic (exact) mass is 197 g/mol. The molecule has 0 saturated carbocycles. The summed E-state index contributed by atoms with van der Waals surface area (Å²) in [5.41, 5.74) is 1.47. The van der Waals surface area contributed by atoms with Gasteiger partial charge in [0, 0.05) is 0 Å². The van der Waals surface area contributed by atoms with Gasteiger partial charge in [-0.3, -0.25) is 5.11 Å². The van der Waals surface area contributed by atoms with Gasteiger partial charge < -0.3 is 0 Å². The summed E-state index contributed by atoms with van der Waals surface area (Å²) in [7, 11) is 0. The van der Waals surface area contributed by atoms with Crippen molar-refractivity contribution in [2.45, 2.75) is 0 Å². The quantitative estimate of drug-likeness (QED) is 0.646. The van der Waals surface area contributed by atoms with Crippen molar-refractivity contribution in [1.29, 1.82) is 0 Å². The Bertz CT molecular complexity index is 449. The van der Waals surface area contributed by atoms with Crippen LogP contribution in [0.2, 0.25) is 0 Å². The second kappa shape index (κ2) is 4.37. The van der Waals surface area contributed by atoms with Crippen LogP contribution >= 0.6 is 0 Å². The minimum absolute atomic E-state index is 0.0198. The second-order valence-electron chi connectivity index (χ2n) is 3.03. The Kier molecular flexibility index (Phi) is 2.74. The molecule has 1 radical (unpaired) electrons. The molecule has 0 unspecified atom stereocenters.